The van der Waals surface area contributed by atoms with Gasteiger partial charge in [0.1, 0.15) is 12.4 Å². The third-order valence-corrected chi connectivity index (χ3v) is 2.80. The van der Waals surface area contributed by atoms with Crippen molar-refractivity contribution in [2.24, 2.45) is 0 Å². The molecule has 2 nitrogen and oxygen atoms in total. The van der Waals surface area contributed by atoms with Crippen LogP contribution in [0.15, 0.2) is 47.2 Å². The molecule has 4 heteroatoms. The third-order valence-electron chi connectivity index (χ3n) is 2.01. The highest BCUT2D eigenvalue weighted by Gasteiger charge is 2.02. The fraction of sp³-hybridized carbons (Fsp3) is 0.0833. The maximum absolute atomic E-state index is 6.03. The number of nitrogens with zero attached hydrogens (tertiary/aromatic N) is 1. The van der Waals surface area contributed by atoms with Crippen molar-refractivity contribution >= 4 is 27.5 Å². The Labute approximate surface area is 107 Å². The Bertz CT molecular complexity index is 476. The number of hydrogen-bond acceptors (Lipinski definition) is 2. The number of benzene rings is 1. The average molecular weight is 299 g/mol. The molecule has 1 aromatic heterocycles. The molecule has 82 valence electrons. The zero-order valence-electron chi connectivity index (χ0n) is 8.36. The Hall–Kier alpha value is -1.06. The van der Waals surface area contributed by atoms with Crippen molar-refractivity contribution in [3.63, 3.8) is 0 Å². The first kappa shape index (κ1) is 11.4. The molecule has 0 radical (unpaired) electrons. The molecule has 0 N–H and O–H groups in total. The first-order chi connectivity index (χ1) is 7.75. The van der Waals surface area contributed by atoms with Gasteiger partial charge in [0.15, 0.2) is 0 Å². The topological polar surface area (TPSA) is 22.1 Å². The van der Waals surface area contributed by atoms with Crippen molar-refractivity contribution in [1.29, 1.82) is 0 Å². The highest BCUT2D eigenvalue weighted by atomic mass is 79.9. The van der Waals surface area contributed by atoms with Crippen LogP contribution >= 0.6 is 27.5 Å². The lowest BCUT2D eigenvalue weighted by Gasteiger charge is -2.07. The lowest BCUT2D eigenvalue weighted by Crippen LogP contribution is -1.96. The van der Waals surface area contributed by atoms with Gasteiger partial charge in [-0.25, -0.2) is 0 Å². The van der Waals surface area contributed by atoms with Gasteiger partial charge in [-0.3, -0.25) is 4.98 Å². The SMILES string of the molecule is Clc1cc(Br)ccc1OCc1cccnc1. The van der Waals surface area contributed by atoms with Crippen molar-refractivity contribution in [2.75, 3.05) is 0 Å². The van der Waals surface area contributed by atoms with Gasteiger partial charge >= 0.3 is 0 Å². The highest BCUT2D eigenvalue weighted by Crippen LogP contribution is 2.28. The van der Waals surface area contributed by atoms with E-state index in [2.05, 4.69) is 20.9 Å². The molecule has 1 heterocycles. The van der Waals surface area contributed by atoms with E-state index in [-0.39, 0.29) is 0 Å². The molecule has 2 rings (SSSR count). The molecular formula is C12H9BrClNO. The molecule has 1 aromatic carbocycles. The summed E-state index contributed by atoms with van der Waals surface area (Å²) in [5.41, 5.74) is 1.02. The Morgan fingerprint density at radius 1 is 1.31 bits per heavy atom. The monoisotopic (exact) mass is 297 g/mol. The Morgan fingerprint density at radius 3 is 2.88 bits per heavy atom. The zero-order chi connectivity index (χ0) is 11.4. The highest BCUT2D eigenvalue weighted by molar-refractivity contribution is 9.10. The van der Waals surface area contributed by atoms with Gasteiger partial charge in [0, 0.05) is 22.4 Å². The summed E-state index contributed by atoms with van der Waals surface area (Å²) in [5.74, 6) is 0.675. The van der Waals surface area contributed by atoms with Gasteiger partial charge in [0.2, 0.25) is 0 Å². The second-order valence-electron chi connectivity index (χ2n) is 3.22. The Morgan fingerprint density at radius 2 is 2.19 bits per heavy atom. The summed E-state index contributed by atoms with van der Waals surface area (Å²) in [7, 11) is 0. The van der Waals surface area contributed by atoms with Crippen LogP contribution in [0.5, 0.6) is 5.75 Å². The average Bonchev–Trinajstić information content (AvgIpc) is 2.29. The van der Waals surface area contributed by atoms with E-state index in [1.54, 1.807) is 18.5 Å². The number of pyridine rings is 1. The van der Waals surface area contributed by atoms with Gasteiger partial charge < -0.3 is 4.74 Å². The molecule has 0 fully saturated rings. The molecule has 0 bridgehead atoms. The maximum Gasteiger partial charge on any atom is 0.138 e. The van der Waals surface area contributed by atoms with E-state index < -0.39 is 0 Å². The number of halogens is 2. The van der Waals surface area contributed by atoms with E-state index in [1.807, 2.05) is 24.3 Å². The van der Waals surface area contributed by atoms with Gasteiger partial charge in [-0.05, 0) is 24.3 Å². The Balaban J connectivity index is 2.05. The summed E-state index contributed by atoms with van der Waals surface area (Å²) in [6, 6.07) is 9.37. The molecule has 16 heavy (non-hydrogen) atoms. The van der Waals surface area contributed by atoms with Crippen molar-refractivity contribution in [2.45, 2.75) is 6.61 Å². The predicted molar refractivity (Wildman–Crippen MR) is 67.7 cm³/mol. The number of rotatable bonds is 3. The van der Waals surface area contributed by atoms with Crippen LogP contribution in [-0.4, -0.2) is 4.98 Å². The second-order valence-corrected chi connectivity index (χ2v) is 4.55. The number of aromatic nitrogens is 1. The second kappa shape index (κ2) is 5.32. The molecule has 2 aromatic rings. The maximum atomic E-state index is 6.03. The smallest absolute Gasteiger partial charge is 0.138 e. The zero-order valence-corrected chi connectivity index (χ0v) is 10.7. The van der Waals surface area contributed by atoms with Crippen molar-refractivity contribution in [3.8, 4) is 5.75 Å². The van der Waals surface area contributed by atoms with Crippen LogP contribution in [0.3, 0.4) is 0 Å². The third kappa shape index (κ3) is 2.97. The standard InChI is InChI=1S/C12H9BrClNO/c13-10-3-4-12(11(14)6-10)16-8-9-2-1-5-15-7-9/h1-7H,8H2. The fourth-order valence-electron chi connectivity index (χ4n) is 1.24. The summed E-state index contributed by atoms with van der Waals surface area (Å²) in [4.78, 5) is 4.01. The van der Waals surface area contributed by atoms with Crippen LogP contribution in [0.1, 0.15) is 5.56 Å². The van der Waals surface area contributed by atoms with Gasteiger partial charge in [-0.1, -0.05) is 33.6 Å². The normalized spacial score (nSPS) is 10.1. The lowest BCUT2D eigenvalue weighted by molar-refractivity contribution is 0.306. The summed E-state index contributed by atoms with van der Waals surface area (Å²) in [6.45, 7) is 0.467. The molecule has 0 saturated heterocycles. The van der Waals surface area contributed by atoms with Crippen molar-refractivity contribution < 1.29 is 4.74 Å². The van der Waals surface area contributed by atoms with Crippen LogP contribution < -0.4 is 4.74 Å². The summed E-state index contributed by atoms with van der Waals surface area (Å²) in [5, 5.41) is 0.596. The van der Waals surface area contributed by atoms with Gasteiger partial charge in [-0.2, -0.15) is 0 Å². The van der Waals surface area contributed by atoms with E-state index in [9.17, 15) is 0 Å². The number of ether oxygens (including phenoxy) is 1. The van der Waals surface area contributed by atoms with Crippen molar-refractivity contribution in [1.82, 2.24) is 4.98 Å². The molecule has 0 amide bonds. The molecule has 0 atom stereocenters. The lowest BCUT2D eigenvalue weighted by atomic mass is 10.3. The van der Waals surface area contributed by atoms with Crippen LogP contribution in [0.4, 0.5) is 0 Å². The Kier molecular flexibility index (Phi) is 3.80. The van der Waals surface area contributed by atoms with E-state index in [4.69, 9.17) is 16.3 Å². The van der Waals surface area contributed by atoms with Crippen molar-refractivity contribution in [3.05, 3.63) is 57.8 Å². The quantitative estimate of drug-likeness (QED) is 0.852. The molecule has 0 unspecified atom stereocenters. The van der Waals surface area contributed by atoms with E-state index >= 15 is 0 Å². The summed E-state index contributed by atoms with van der Waals surface area (Å²) < 4.78 is 6.52. The van der Waals surface area contributed by atoms with Crippen LogP contribution in [0.2, 0.25) is 5.02 Å². The minimum absolute atomic E-state index is 0.467. The molecule has 0 aliphatic rings. The van der Waals surface area contributed by atoms with Gasteiger partial charge in [0.25, 0.3) is 0 Å². The molecule has 0 spiro atoms. The molecule has 0 aliphatic heterocycles. The first-order valence-corrected chi connectivity index (χ1v) is 5.89. The fourth-order valence-corrected chi connectivity index (χ4v) is 1.96. The number of hydrogen-bond donors (Lipinski definition) is 0. The molecule has 0 aliphatic carbocycles. The largest absolute Gasteiger partial charge is 0.487 e. The van der Waals surface area contributed by atoms with E-state index in [0.29, 0.717) is 17.4 Å². The minimum Gasteiger partial charge on any atom is -0.487 e. The molecule has 0 saturated carbocycles. The van der Waals surface area contributed by atoms with Crippen LogP contribution in [0, 0.1) is 0 Å². The molecular weight excluding hydrogens is 289 g/mol. The minimum atomic E-state index is 0.467. The van der Waals surface area contributed by atoms with Gasteiger partial charge in [-0.15, -0.1) is 0 Å². The van der Waals surface area contributed by atoms with Crippen LogP contribution in [-0.2, 0) is 6.61 Å². The van der Waals surface area contributed by atoms with Crippen LogP contribution in [0.25, 0.3) is 0 Å². The van der Waals surface area contributed by atoms with E-state index in [1.165, 1.54) is 0 Å². The van der Waals surface area contributed by atoms with E-state index in [0.717, 1.165) is 10.0 Å². The first-order valence-electron chi connectivity index (χ1n) is 4.72. The summed E-state index contributed by atoms with van der Waals surface area (Å²) >= 11 is 9.37. The summed E-state index contributed by atoms with van der Waals surface area (Å²) in [6.07, 6.45) is 3.50. The van der Waals surface area contributed by atoms with Gasteiger partial charge in [0.05, 0.1) is 5.02 Å². The predicted octanol–water partition coefficient (Wildman–Crippen LogP) is 4.08.